The molecule has 0 saturated heterocycles. The number of benzene rings is 1. The van der Waals surface area contributed by atoms with Gasteiger partial charge >= 0.3 is 5.97 Å². The van der Waals surface area contributed by atoms with Crippen molar-refractivity contribution in [3.05, 3.63) is 41.1 Å². The van der Waals surface area contributed by atoms with Crippen LogP contribution in [0.2, 0.25) is 0 Å². The Morgan fingerprint density at radius 3 is 2.36 bits per heavy atom. The SMILES string of the molecule is CCOC(O)(OCC)c1ccc(C=C(C#N)NCC=O)cc1. The van der Waals surface area contributed by atoms with E-state index >= 15 is 0 Å². The van der Waals surface area contributed by atoms with Gasteiger partial charge < -0.3 is 24.7 Å². The Morgan fingerprint density at radius 1 is 1.32 bits per heavy atom. The van der Waals surface area contributed by atoms with E-state index in [0.717, 1.165) is 5.56 Å². The lowest BCUT2D eigenvalue weighted by molar-refractivity contribution is -0.370. The molecule has 0 heterocycles. The van der Waals surface area contributed by atoms with Gasteiger partial charge in [-0.25, -0.2) is 0 Å². The van der Waals surface area contributed by atoms with E-state index in [2.05, 4.69) is 5.32 Å². The highest BCUT2D eigenvalue weighted by molar-refractivity contribution is 5.59. The fourth-order valence-corrected chi connectivity index (χ4v) is 1.83. The van der Waals surface area contributed by atoms with E-state index in [1.807, 2.05) is 6.07 Å². The minimum absolute atomic E-state index is 0.0753. The molecular weight excluding hydrogens is 284 g/mol. The Hall–Kier alpha value is -2.20. The van der Waals surface area contributed by atoms with Crippen LogP contribution in [0.25, 0.3) is 6.08 Å². The minimum Gasteiger partial charge on any atom is -0.370 e. The van der Waals surface area contributed by atoms with Crippen LogP contribution < -0.4 is 5.32 Å². The number of aldehydes is 1. The molecule has 1 rings (SSSR count). The molecule has 0 radical (unpaired) electrons. The molecule has 0 aliphatic carbocycles. The average Bonchev–Trinajstić information content (AvgIpc) is 2.52. The zero-order valence-corrected chi connectivity index (χ0v) is 12.7. The smallest absolute Gasteiger partial charge is 0.309 e. The van der Waals surface area contributed by atoms with Gasteiger partial charge in [0.15, 0.2) is 0 Å². The molecule has 0 bridgehead atoms. The number of hydrogen-bond donors (Lipinski definition) is 2. The van der Waals surface area contributed by atoms with Crippen molar-refractivity contribution in [2.45, 2.75) is 19.8 Å². The summed E-state index contributed by atoms with van der Waals surface area (Å²) in [6.45, 7) is 4.20. The highest BCUT2D eigenvalue weighted by Gasteiger charge is 2.30. The number of carbonyl (C=O) groups excluding carboxylic acids is 1. The molecule has 0 atom stereocenters. The van der Waals surface area contributed by atoms with Gasteiger partial charge in [0.2, 0.25) is 0 Å². The summed E-state index contributed by atoms with van der Waals surface area (Å²) >= 11 is 0. The van der Waals surface area contributed by atoms with Crippen LogP contribution in [0, 0.1) is 11.3 Å². The van der Waals surface area contributed by atoms with Crippen molar-refractivity contribution in [2.24, 2.45) is 0 Å². The quantitative estimate of drug-likeness (QED) is 0.408. The molecule has 2 N–H and O–H groups in total. The Bertz CT molecular complexity index is 540. The van der Waals surface area contributed by atoms with E-state index in [9.17, 15) is 9.90 Å². The second kappa shape index (κ2) is 8.95. The molecule has 1 aromatic rings. The molecule has 1 aromatic carbocycles. The maximum absolute atomic E-state index is 10.4. The summed E-state index contributed by atoms with van der Waals surface area (Å²) in [6.07, 6.45) is 2.28. The zero-order valence-electron chi connectivity index (χ0n) is 12.7. The molecule has 0 spiro atoms. The first-order valence-corrected chi connectivity index (χ1v) is 6.99. The second-order valence-corrected chi connectivity index (χ2v) is 4.29. The molecule has 0 amide bonds. The lowest BCUT2D eigenvalue weighted by Gasteiger charge is -2.27. The van der Waals surface area contributed by atoms with E-state index in [1.54, 1.807) is 44.2 Å². The Kier molecular flexibility index (Phi) is 7.26. The highest BCUT2D eigenvalue weighted by Crippen LogP contribution is 2.25. The van der Waals surface area contributed by atoms with E-state index in [0.29, 0.717) is 25.1 Å². The fourth-order valence-electron chi connectivity index (χ4n) is 1.83. The summed E-state index contributed by atoms with van der Waals surface area (Å²) in [4.78, 5) is 10.3. The first-order chi connectivity index (χ1) is 10.6. The van der Waals surface area contributed by atoms with Crippen LogP contribution in [0.3, 0.4) is 0 Å². The van der Waals surface area contributed by atoms with Gasteiger partial charge in [0.05, 0.1) is 6.54 Å². The first kappa shape index (κ1) is 17.9. The standard InChI is InChI=1S/C16H20N2O4/c1-3-21-16(20,22-4-2)14-7-5-13(6-8-14)11-15(12-17)18-9-10-19/h5-8,10-11,18,20H,3-4,9H2,1-2H3. The van der Waals surface area contributed by atoms with Crippen LogP contribution in [-0.2, 0) is 20.2 Å². The van der Waals surface area contributed by atoms with Gasteiger partial charge in [0.25, 0.3) is 0 Å². The van der Waals surface area contributed by atoms with Crippen LogP contribution in [0.5, 0.6) is 0 Å². The van der Waals surface area contributed by atoms with E-state index in [1.165, 1.54) is 0 Å². The molecule has 0 fully saturated rings. The predicted octanol–water partition coefficient (Wildman–Crippen LogP) is 1.52. The largest absolute Gasteiger partial charge is 0.370 e. The number of ether oxygens (including phenoxy) is 2. The lowest BCUT2D eigenvalue weighted by atomic mass is 10.1. The summed E-state index contributed by atoms with van der Waals surface area (Å²) in [5.74, 6) is -1.78. The maximum Gasteiger partial charge on any atom is 0.309 e. The summed E-state index contributed by atoms with van der Waals surface area (Å²) in [5.41, 5.74) is 1.49. The van der Waals surface area contributed by atoms with Gasteiger partial charge in [0.1, 0.15) is 18.1 Å². The van der Waals surface area contributed by atoms with Crippen molar-refractivity contribution in [2.75, 3.05) is 19.8 Å². The van der Waals surface area contributed by atoms with E-state index < -0.39 is 5.97 Å². The van der Waals surface area contributed by atoms with Crippen molar-refractivity contribution in [3.63, 3.8) is 0 Å². The van der Waals surface area contributed by atoms with Crippen LogP contribution in [0.15, 0.2) is 30.0 Å². The molecule has 118 valence electrons. The summed E-state index contributed by atoms with van der Waals surface area (Å²) in [5, 5.41) is 22.0. The van der Waals surface area contributed by atoms with Gasteiger partial charge in [0, 0.05) is 18.8 Å². The minimum atomic E-state index is -1.78. The number of allylic oxidation sites excluding steroid dienone is 1. The van der Waals surface area contributed by atoms with Crippen molar-refractivity contribution < 1.29 is 19.4 Å². The van der Waals surface area contributed by atoms with Crippen LogP contribution >= 0.6 is 0 Å². The van der Waals surface area contributed by atoms with Crippen molar-refractivity contribution >= 4 is 12.4 Å². The monoisotopic (exact) mass is 304 g/mol. The zero-order chi connectivity index (χ0) is 16.4. The number of nitriles is 1. The summed E-state index contributed by atoms with van der Waals surface area (Å²) < 4.78 is 10.5. The number of hydrogen-bond acceptors (Lipinski definition) is 6. The van der Waals surface area contributed by atoms with Crippen molar-refractivity contribution in [1.82, 2.24) is 5.32 Å². The topological polar surface area (TPSA) is 91.6 Å². The normalized spacial score (nSPS) is 11.8. The second-order valence-electron chi connectivity index (χ2n) is 4.29. The molecule has 6 heteroatoms. The average molecular weight is 304 g/mol. The van der Waals surface area contributed by atoms with Crippen LogP contribution in [0.1, 0.15) is 25.0 Å². The Labute approximate surface area is 130 Å². The number of rotatable bonds is 9. The van der Waals surface area contributed by atoms with E-state index in [-0.39, 0.29) is 12.2 Å². The highest BCUT2D eigenvalue weighted by atomic mass is 16.8. The number of carbonyl (C=O) groups is 1. The predicted molar refractivity (Wildman–Crippen MR) is 81.2 cm³/mol. The van der Waals surface area contributed by atoms with Crippen LogP contribution in [0.4, 0.5) is 0 Å². The summed E-state index contributed by atoms with van der Waals surface area (Å²) in [6, 6.07) is 8.72. The van der Waals surface area contributed by atoms with Gasteiger partial charge in [-0.3, -0.25) is 0 Å². The number of aliphatic hydroxyl groups is 1. The molecule has 0 aliphatic rings. The summed E-state index contributed by atoms with van der Waals surface area (Å²) in [7, 11) is 0. The molecule has 0 aromatic heterocycles. The van der Waals surface area contributed by atoms with Gasteiger partial charge in [-0.15, -0.1) is 0 Å². The maximum atomic E-state index is 10.4. The fraction of sp³-hybridized carbons (Fsp3) is 0.375. The molecule has 22 heavy (non-hydrogen) atoms. The number of nitrogens with zero attached hydrogens (tertiary/aromatic N) is 1. The Morgan fingerprint density at radius 2 is 1.91 bits per heavy atom. The molecular formula is C16H20N2O4. The molecule has 0 aliphatic heterocycles. The van der Waals surface area contributed by atoms with Crippen molar-refractivity contribution in [3.8, 4) is 6.07 Å². The van der Waals surface area contributed by atoms with Crippen LogP contribution in [-0.4, -0.2) is 31.2 Å². The third kappa shape index (κ3) is 4.97. The van der Waals surface area contributed by atoms with Gasteiger partial charge in [-0.1, -0.05) is 24.3 Å². The van der Waals surface area contributed by atoms with Crippen molar-refractivity contribution in [1.29, 1.82) is 5.26 Å². The molecule has 6 nitrogen and oxygen atoms in total. The number of nitrogens with one attached hydrogen (secondary N) is 1. The van der Waals surface area contributed by atoms with Gasteiger partial charge in [-0.05, 0) is 25.5 Å². The molecule has 0 saturated carbocycles. The third-order valence-electron chi connectivity index (χ3n) is 2.76. The van der Waals surface area contributed by atoms with Gasteiger partial charge in [-0.2, -0.15) is 5.26 Å². The molecule has 0 unspecified atom stereocenters. The Balaban J connectivity index is 2.96. The lowest BCUT2D eigenvalue weighted by Crippen LogP contribution is -2.33. The van der Waals surface area contributed by atoms with E-state index in [4.69, 9.17) is 14.7 Å². The third-order valence-corrected chi connectivity index (χ3v) is 2.76. The first-order valence-electron chi connectivity index (χ1n) is 6.99.